The summed E-state index contributed by atoms with van der Waals surface area (Å²) in [6, 6.07) is 26.4. The summed E-state index contributed by atoms with van der Waals surface area (Å²) in [6.07, 6.45) is 1.83. The number of nitrogens with zero attached hydrogens (tertiary/aromatic N) is 1. The third-order valence-electron chi connectivity index (χ3n) is 6.00. The summed E-state index contributed by atoms with van der Waals surface area (Å²) in [5.74, 6) is 1.02. The molecule has 0 aliphatic carbocycles. The van der Waals surface area contributed by atoms with Gasteiger partial charge in [-0.2, -0.15) is 0 Å². The van der Waals surface area contributed by atoms with Crippen LogP contribution < -0.4 is 10.1 Å². The molecule has 0 spiro atoms. The summed E-state index contributed by atoms with van der Waals surface area (Å²) in [5.41, 5.74) is 2.84. The largest absolute Gasteiger partial charge is 0.497 e. The first-order chi connectivity index (χ1) is 17.0. The van der Waals surface area contributed by atoms with E-state index in [1.165, 1.54) is 0 Å². The van der Waals surface area contributed by atoms with Gasteiger partial charge in [0.05, 0.1) is 7.11 Å². The highest BCUT2D eigenvalue weighted by atomic mass is 16.5. The SMILES string of the molecule is COc1ccc(CN(C(=O)CCc2ccccc2)[C@H](C(=O)NCCC(C)C)c2ccccc2)cc1. The topological polar surface area (TPSA) is 58.6 Å². The van der Waals surface area contributed by atoms with Gasteiger partial charge in [-0.05, 0) is 47.6 Å². The van der Waals surface area contributed by atoms with E-state index in [-0.39, 0.29) is 11.8 Å². The lowest BCUT2D eigenvalue weighted by Crippen LogP contribution is -2.43. The van der Waals surface area contributed by atoms with Crippen molar-refractivity contribution in [3.63, 3.8) is 0 Å². The fourth-order valence-corrected chi connectivity index (χ4v) is 3.98. The van der Waals surface area contributed by atoms with Crippen molar-refractivity contribution in [1.82, 2.24) is 10.2 Å². The average molecular weight is 473 g/mol. The fourth-order valence-electron chi connectivity index (χ4n) is 3.98. The van der Waals surface area contributed by atoms with Crippen LogP contribution in [-0.2, 0) is 22.6 Å². The second kappa shape index (κ2) is 13.3. The number of amides is 2. The van der Waals surface area contributed by atoms with E-state index >= 15 is 0 Å². The second-order valence-electron chi connectivity index (χ2n) is 9.14. The van der Waals surface area contributed by atoms with Crippen LogP contribution in [0.4, 0.5) is 0 Å². The maximum absolute atomic E-state index is 13.7. The lowest BCUT2D eigenvalue weighted by Gasteiger charge is -2.32. The molecule has 2 amide bonds. The van der Waals surface area contributed by atoms with E-state index in [2.05, 4.69) is 19.2 Å². The van der Waals surface area contributed by atoms with Gasteiger partial charge >= 0.3 is 0 Å². The van der Waals surface area contributed by atoms with Crippen LogP contribution in [0, 0.1) is 5.92 Å². The van der Waals surface area contributed by atoms with Gasteiger partial charge in [0, 0.05) is 19.5 Å². The molecule has 0 radical (unpaired) electrons. The van der Waals surface area contributed by atoms with Crippen molar-refractivity contribution in [2.75, 3.05) is 13.7 Å². The first-order valence-corrected chi connectivity index (χ1v) is 12.3. The van der Waals surface area contributed by atoms with E-state index < -0.39 is 6.04 Å². The number of nitrogens with one attached hydrogen (secondary N) is 1. The lowest BCUT2D eigenvalue weighted by atomic mass is 10.0. The van der Waals surface area contributed by atoms with E-state index in [1.807, 2.05) is 84.9 Å². The first-order valence-electron chi connectivity index (χ1n) is 12.3. The standard InChI is InChI=1S/C30H36N2O3/c1-23(2)20-21-31-30(34)29(26-12-8-5-9-13-26)32(22-25-14-17-27(35-3)18-15-25)28(33)19-16-24-10-6-4-7-11-24/h4-15,17-18,23,29H,16,19-22H2,1-3H3,(H,31,34)/t29-/m0/s1. The van der Waals surface area contributed by atoms with Gasteiger partial charge in [-0.3, -0.25) is 9.59 Å². The number of benzene rings is 3. The second-order valence-corrected chi connectivity index (χ2v) is 9.14. The Balaban J connectivity index is 1.90. The minimum Gasteiger partial charge on any atom is -0.497 e. The Bertz CT molecular complexity index is 1050. The maximum atomic E-state index is 13.7. The summed E-state index contributed by atoms with van der Waals surface area (Å²) >= 11 is 0. The normalized spacial score (nSPS) is 11.7. The molecular formula is C30H36N2O3. The minimum absolute atomic E-state index is 0.0578. The number of carbonyl (C=O) groups is 2. The van der Waals surface area contributed by atoms with E-state index in [0.29, 0.717) is 31.8 Å². The van der Waals surface area contributed by atoms with Crippen LogP contribution in [0.2, 0.25) is 0 Å². The van der Waals surface area contributed by atoms with Gasteiger partial charge in [0.15, 0.2) is 0 Å². The van der Waals surface area contributed by atoms with Crippen molar-refractivity contribution in [3.05, 3.63) is 102 Å². The maximum Gasteiger partial charge on any atom is 0.247 e. The Morgan fingerprint density at radius 3 is 2.09 bits per heavy atom. The molecule has 35 heavy (non-hydrogen) atoms. The van der Waals surface area contributed by atoms with Crippen LogP contribution in [0.5, 0.6) is 5.75 Å². The molecule has 0 saturated carbocycles. The summed E-state index contributed by atoms with van der Waals surface area (Å²) in [6.45, 7) is 5.16. The molecule has 5 nitrogen and oxygen atoms in total. The molecule has 0 fully saturated rings. The van der Waals surface area contributed by atoms with Gasteiger partial charge in [-0.1, -0.05) is 86.6 Å². The highest BCUT2D eigenvalue weighted by Crippen LogP contribution is 2.26. The Hall–Kier alpha value is -3.60. The molecule has 0 aromatic heterocycles. The van der Waals surface area contributed by atoms with Crippen molar-refractivity contribution in [2.45, 2.75) is 45.7 Å². The molecule has 3 aromatic rings. The smallest absolute Gasteiger partial charge is 0.247 e. The Labute approximate surface area is 209 Å². The third-order valence-corrected chi connectivity index (χ3v) is 6.00. The van der Waals surface area contributed by atoms with Crippen molar-refractivity contribution >= 4 is 11.8 Å². The molecule has 1 N–H and O–H groups in total. The summed E-state index contributed by atoms with van der Waals surface area (Å²) < 4.78 is 5.28. The van der Waals surface area contributed by atoms with E-state index in [9.17, 15) is 9.59 Å². The molecule has 1 atom stereocenters. The van der Waals surface area contributed by atoms with Crippen LogP contribution in [0.3, 0.4) is 0 Å². The first kappa shape index (κ1) is 26.0. The van der Waals surface area contributed by atoms with Gasteiger partial charge in [-0.25, -0.2) is 0 Å². The predicted octanol–water partition coefficient (Wildman–Crippen LogP) is 5.56. The van der Waals surface area contributed by atoms with Gasteiger partial charge in [0.25, 0.3) is 0 Å². The molecular weight excluding hydrogens is 436 g/mol. The van der Waals surface area contributed by atoms with Crippen LogP contribution in [0.1, 0.15) is 49.4 Å². The lowest BCUT2D eigenvalue weighted by molar-refractivity contribution is -0.141. The number of methoxy groups -OCH3 is 1. The third kappa shape index (κ3) is 7.99. The molecule has 0 aliphatic heterocycles. The predicted molar refractivity (Wildman–Crippen MR) is 140 cm³/mol. The molecule has 3 rings (SSSR count). The number of carbonyl (C=O) groups excluding carboxylic acids is 2. The number of aryl methyl sites for hydroxylation is 1. The van der Waals surface area contributed by atoms with E-state index in [1.54, 1.807) is 12.0 Å². The van der Waals surface area contributed by atoms with Gasteiger partial charge in [0.1, 0.15) is 11.8 Å². The Kier molecular flexibility index (Phi) is 9.91. The molecule has 0 saturated heterocycles. The van der Waals surface area contributed by atoms with E-state index in [4.69, 9.17) is 4.74 Å². The summed E-state index contributed by atoms with van der Waals surface area (Å²) in [7, 11) is 1.63. The van der Waals surface area contributed by atoms with Crippen molar-refractivity contribution < 1.29 is 14.3 Å². The number of rotatable bonds is 12. The Morgan fingerprint density at radius 2 is 1.49 bits per heavy atom. The average Bonchev–Trinajstić information content (AvgIpc) is 2.88. The van der Waals surface area contributed by atoms with Crippen molar-refractivity contribution in [1.29, 1.82) is 0 Å². The zero-order valence-corrected chi connectivity index (χ0v) is 20.9. The monoisotopic (exact) mass is 472 g/mol. The number of ether oxygens (including phenoxy) is 1. The van der Waals surface area contributed by atoms with Crippen molar-refractivity contribution in [2.24, 2.45) is 5.92 Å². The zero-order valence-electron chi connectivity index (χ0n) is 20.9. The molecule has 0 unspecified atom stereocenters. The summed E-state index contributed by atoms with van der Waals surface area (Å²) in [5, 5.41) is 3.07. The molecule has 0 heterocycles. The van der Waals surface area contributed by atoms with Crippen LogP contribution in [0.25, 0.3) is 0 Å². The van der Waals surface area contributed by atoms with Gasteiger partial charge < -0.3 is 15.0 Å². The van der Waals surface area contributed by atoms with Crippen molar-refractivity contribution in [3.8, 4) is 5.75 Å². The number of hydrogen-bond donors (Lipinski definition) is 1. The number of hydrogen-bond acceptors (Lipinski definition) is 3. The minimum atomic E-state index is -0.714. The highest BCUT2D eigenvalue weighted by molar-refractivity contribution is 5.88. The molecule has 0 aliphatic rings. The Morgan fingerprint density at radius 1 is 0.857 bits per heavy atom. The fraction of sp³-hybridized carbons (Fsp3) is 0.333. The van der Waals surface area contributed by atoms with Gasteiger partial charge in [-0.15, -0.1) is 0 Å². The van der Waals surface area contributed by atoms with Crippen LogP contribution >= 0.6 is 0 Å². The molecule has 5 heteroatoms. The van der Waals surface area contributed by atoms with Crippen LogP contribution in [0.15, 0.2) is 84.9 Å². The highest BCUT2D eigenvalue weighted by Gasteiger charge is 2.31. The zero-order chi connectivity index (χ0) is 25.0. The molecule has 0 bridgehead atoms. The van der Waals surface area contributed by atoms with Gasteiger partial charge in [0.2, 0.25) is 11.8 Å². The molecule has 184 valence electrons. The molecule has 3 aromatic carbocycles. The summed E-state index contributed by atoms with van der Waals surface area (Å²) in [4.78, 5) is 28.9. The van der Waals surface area contributed by atoms with Crippen LogP contribution in [-0.4, -0.2) is 30.4 Å². The quantitative estimate of drug-likeness (QED) is 0.375. The van der Waals surface area contributed by atoms with E-state index in [0.717, 1.165) is 28.9 Å².